The van der Waals surface area contributed by atoms with Crippen molar-refractivity contribution >= 4 is 37.7 Å². The van der Waals surface area contributed by atoms with Crippen LogP contribution in [0.15, 0.2) is 33.6 Å². The third kappa shape index (κ3) is 2.77. The smallest absolute Gasteiger partial charge is 0.331 e. The van der Waals surface area contributed by atoms with Crippen LogP contribution in [0.25, 0.3) is 0 Å². The first-order valence-corrected chi connectivity index (χ1v) is 9.49. The summed E-state index contributed by atoms with van der Waals surface area (Å²) in [6.45, 7) is 0. The number of nitrogens with zero attached hydrogens (tertiary/aromatic N) is 1. The summed E-state index contributed by atoms with van der Waals surface area (Å²) in [5, 5.41) is 11.1. The van der Waals surface area contributed by atoms with Crippen molar-refractivity contribution in [2.45, 2.75) is 35.4 Å². The number of urea groups is 1. The van der Waals surface area contributed by atoms with E-state index in [4.69, 9.17) is 0 Å². The molecule has 0 aromatic heterocycles. The summed E-state index contributed by atoms with van der Waals surface area (Å²) >= 11 is 3.26. The molecule has 2 N–H and O–H groups in total. The van der Waals surface area contributed by atoms with E-state index in [1.54, 1.807) is 12.1 Å². The van der Waals surface area contributed by atoms with Crippen LogP contribution in [-0.4, -0.2) is 41.9 Å². The molecule has 2 aliphatic rings. The van der Waals surface area contributed by atoms with E-state index >= 15 is 0 Å². The quantitative estimate of drug-likeness (QED) is 0.732. The largest absolute Gasteiger partial charge is 0.348 e. The van der Waals surface area contributed by atoms with Gasteiger partial charge >= 0.3 is 6.03 Å². The lowest BCUT2D eigenvalue weighted by Gasteiger charge is -2.41. The van der Waals surface area contributed by atoms with E-state index in [2.05, 4.69) is 21.2 Å². The zero-order valence-electron chi connectivity index (χ0n) is 12.0. The van der Waals surface area contributed by atoms with Crippen LogP contribution in [-0.2, 0) is 14.6 Å². The standard InChI is InChI=1S/C14H15BrN2O5S/c15-8-4-6-9(7-5-8)23(21,22)11-3-1-2-10-12(11)16-14(19)17(20)13(10)18/h4-7,10-12,20H,1-3H2,(H,16,19). The van der Waals surface area contributed by atoms with Crippen LogP contribution in [0.3, 0.4) is 0 Å². The monoisotopic (exact) mass is 402 g/mol. The zero-order valence-corrected chi connectivity index (χ0v) is 14.4. The number of benzene rings is 1. The van der Waals surface area contributed by atoms with Gasteiger partial charge in [-0.1, -0.05) is 22.4 Å². The number of amides is 3. The molecule has 2 fully saturated rings. The van der Waals surface area contributed by atoms with Gasteiger partial charge in [0.1, 0.15) is 0 Å². The van der Waals surface area contributed by atoms with Crippen LogP contribution >= 0.6 is 15.9 Å². The average molecular weight is 403 g/mol. The number of halogens is 1. The Kier molecular flexibility index (Phi) is 4.19. The van der Waals surface area contributed by atoms with Crippen LogP contribution in [0.4, 0.5) is 4.79 Å². The Morgan fingerprint density at radius 3 is 2.48 bits per heavy atom. The fourth-order valence-corrected chi connectivity index (χ4v) is 5.49. The summed E-state index contributed by atoms with van der Waals surface area (Å²) in [7, 11) is -3.70. The second-order valence-electron chi connectivity index (χ2n) is 5.70. The lowest BCUT2D eigenvalue weighted by Crippen LogP contribution is -2.64. The van der Waals surface area contributed by atoms with E-state index < -0.39 is 39.0 Å². The molecular weight excluding hydrogens is 388 g/mol. The minimum atomic E-state index is -3.70. The minimum Gasteiger partial charge on any atom is -0.331 e. The Hall–Kier alpha value is -1.45. The third-order valence-corrected chi connectivity index (χ3v) is 7.17. The van der Waals surface area contributed by atoms with Crippen molar-refractivity contribution in [3.05, 3.63) is 28.7 Å². The van der Waals surface area contributed by atoms with Crippen molar-refractivity contribution in [2.24, 2.45) is 5.92 Å². The molecule has 3 unspecified atom stereocenters. The molecule has 3 atom stereocenters. The van der Waals surface area contributed by atoms with Crippen LogP contribution in [0.1, 0.15) is 19.3 Å². The molecule has 1 aromatic rings. The molecule has 7 nitrogen and oxygen atoms in total. The molecule has 0 spiro atoms. The highest BCUT2D eigenvalue weighted by molar-refractivity contribution is 9.10. The number of sulfone groups is 1. The van der Waals surface area contributed by atoms with Gasteiger partial charge in [0.25, 0.3) is 5.91 Å². The molecule has 0 bridgehead atoms. The number of hydroxylamine groups is 2. The number of hydrogen-bond acceptors (Lipinski definition) is 5. The van der Waals surface area contributed by atoms with Gasteiger partial charge < -0.3 is 5.32 Å². The Morgan fingerprint density at radius 2 is 1.83 bits per heavy atom. The van der Waals surface area contributed by atoms with Crippen molar-refractivity contribution in [1.29, 1.82) is 0 Å². The predicted octanol–water partition coefficient (Wildman–Crippen LogP) is 1.70. The Labute approximate surface area is 141 Å². The van der Waals surface area contributed by atoms with Gasteiger partial charge in [-0.05, 0) is 37.1 Å². The number of fused-ring (bicyclic) bond motifs is 1. The number of carbonyl (C=O) groups is 2. The lowest BCUT2D eigenvalue weighted by atomic mass is 9.82. The van der Waals surface area contributed by atoms with Gasteiger partial charge in [0.15, 0.2) is 9.84 Å². The number of carbonyl (C=O) groups excluding carboxylic acids is 2. The van der Waals surface area contributed by atoms with Crippen molar-refractivity contribution in [3.63, 3.8) is 0 Å². The molecule has 1 aliphatic heterocycles. The molecule has 1 heterocycles. The second kappa shape index (κ2) is 5.88. The lowest BCUT2D eigenvalue weighted by molar-refractivity contribution is -0.163. The van der Waals surface area contributed by atoms with Crippen molar-refractivity contribution in [3.8, 4) is 0 Å². The number of imide groups is 1. The number of rotatable bonds is 2. The van der Waals surface area contributed by atoms with E-state index in [1.807, 2.05) is 0 Å². The van der Waals surface area contributed by atoms with Crippen LogP contribution in [0, 0.1) is 5.92 Å². The molecular formula is C14H15BrN2O5S. The topological polar surface area (TPSA) is 104 Å². The molecule has 9 heteroatoms. The predicted molar refractivity (Wildman–Crippen MR) is 83.4 cm³/mol. The van der Waals surface area contributed by atoms with Gasteiger partial charge in [-0.25, -0.2) is 13.2 Å². The van der Waals surface area contributed by atoms with Gasteiger partial charge in [-0.15, -0.1) is 5.06 Å². The van der Waals surface area contributed by atoms with Crippen molar-refractivity contribution in [1.82, 2.24) is 10.4 Å². The molecule has 1 aliphatic carbocycles. The Bertz CT molecular complexity index is 749. The summed E-state index contributed by atoms with van der Waals surface area (Å²) in [5.41, 5.74) is 0. The molecule has 1 saturated carbocycles. The molecule has 124 valence electrons. The van der Waals surface area contributed by atoms with Gasteiger partial charge in [-0.3, -0.25) is 10.0 Å². The molecule has 1 saturated heterocycles. The molecule has 23 heavy (non-hydrogen) atoms. The Morgan fingerprint density at radius 1 is 1.17 bits per heavy atom. The summed E-state index contributed by atoms with van der Waals surface area (Å²) in [4.78, 5) is 23.8. The van der Waals surface area contributed by atoms with E-state index in [9.17, 15) is 23.2 Å². The van der Waals surface area contributed by atoms with Gasteiger partial charge in [-0.2, -0.15) is 0 Å². The molecule has 3 amide bonds. The highest BCUT2D eigenvalue weighted by Crippen LogP contribution is 2.35. The van der Waals surface area contributed by atoms with E-state index in [1.165, 1.54) is 12.1 Å². The van der Waals surface area contributed by atoms with Gasteiger partial charge in [0.2, 0.25) is 0 Å². The summed E-state index contributed by atoms with van der Waals surface area (Å²) in [6, 6.07) is 4.46. The first kappa shape index (κ1) is 16.4. The SMILES string of the molecule is O=C1NC2C(CCCC2S(=O)(=O)c2ccc(Br)cc2)C(=O)N1O. The van der Waals surface area contributed by atoms with Crippen LogP contribution < -0.4 is 5.32 Å². The van der Waals surface area contributed by atoms with E-state index in [0.717, 1.165) is 4.47 Å². The maximum Gasteiger partial charge on any atom is 0.348 e. The summed E-state index contributed by atoms with van der Waals surface area (Å²) < 4.78 is 26.5. The number of hydrogen-bond donors (Lipinski definition) is 2. The van der Waals surface area contributed by atoms with Crippen molar-refractivity contribution < 1.29 is 23.2 Å². The first-order chi connectivity index (χ1) is 10.8. The van der Waals surface area contributed by atoms with Gasteiger partial charge in [0, 0.05) is 4.47 Å². The zero-order chi connectivity index (χ0) is 16.8. The fraction of sp³-hybridized carbons (Fsp3) is 0.429. The normalized spacial score (nSPS) is 28.3. The molecule has 1 aromatic carbocycles. The number of nitrogens with one attached hydrogen (secondary N) is 1. The molecule has 0 radical (unpaired) electrons. The maximum absolute atomic E-state index is 12.9. The van der Waals surface area contributed by atoms with Crippen LogP contribution in [0.5, 0.6) is 0 Å². The van der Waals surface area contributed by atoms with Crippen LogP contribution in [0.2, 0.25) is 0 Å². The summed E-state index contributed by atoms with van der Waals surface area (Å²) in [5.74, 6) is -1.46. The maximum atomic E-state index is 12.9. The third-order valence-electron chi connectivity index (χ3n) is 4.39. The van der Waals surface area contributed by atoms with E-state index in [-0.39, 0.29) is 9.96 Å². The summed E-state index contributed by atoms with van der Waals surface area (Å²) in [6.07, 6.45) is 1.34. The van der Waals surface area contributed by atoms with E-state index in [0.29, 0.717) is 19.3 Å². The highest BCUT2D eigenvalue weighted by atomic mass is 79.9. The average Bonchev–Trinajstić information content (AvgIpc) is 2.52. The molecule has 3 rings (SSSR count). The fourth-order valence-electron chi connectivity index (χ4n) is 3.24. The first-order valence-electron chi connectivity index (χ1n) is 7.15. The second-order valence-corrected chi connectivity index (χ2v) is 8.78. The highest BCUT2D eigenvalue weighted by Gasteiger charge is 2.50. The van der Waals surface area contributed by atoms with Crippen molar-refractivity contribution in [2.75, 3.05) is 0 Å². The minimum absolute atomic E-state index is 0.0375. The van der Waals surface area contributed by atoms with Gasteiger partial charge in [0.05, 0.1) is 22.1 Å². The Balaban J connectivity index is 1.97.